The molecule has 2 aliphatic heterocycles. The van der Waals surface area contributed by atoms with Crippen LogP contribution in [0, 0.1) is 0 Å². The molecule has 0 aliphatic carbocycles. The number of anilines is 2. The highest BCUT2D eigenvalue weighted by Gasteiger charge is 2.19. The van der Waals surface area contributed by atoms with E-state index in [0.717, 1.165) is 6.54 Å². The van der Waals surface area contributed by atoms with E-state index < -0.39 is 0 Å². The van der Waals surface area contributed by atoms with Crippen LogP contribution in [0.25, 0.3) is 12.2 Å². The van der Waals surface area contributed by atoms with E-state index in [1.165, 1.54) is 91.7 Å². The van der Waals surface area contributed by atoms with E-state index in [4.69, 9.17) is 5.73 Å². The largest absolute Gasteiger partial charge is 0.359 e. The van der Waals surface area contributed by atoms with E-state index in [-0.39, 0.29) is 0 Å². The fourth-order valence-corrected chi connectivity index (χ4v) is 4.23. The highest BCUT2D eigenvalue weighted by molar-refractivity contribution is 5.80. The van der Waals surface area contributed by atoms with Gasteiger partial charge in [-0.3, -0.25) is 0 Å². The lowest BCUT2D eigenvalue weighted by molar-refractivity contribution is 0.556. The number of allylic oxidation sites excluding steroid dienone is 2. The summed E-state index contributed by atoms with van der Waals surface area (Å²) in [4.78, 5) is 2.44. The molecule has 3 rings (SSSR count). The number of nitrogens with one attached hydrogen (secondary N) is 1. The normalized spacial score (nSPS) is 14.5. The van der Waals surface area contributed by atoms with Crippen molar-refractivity contribution in [2.24, 2.45) is 5.73 Å². The zero-order valence-corrected chi connectivity index (χ0v) is 17.6. The van der Waals surface area contributed by atoms with E-state index in [9.17, 15) is 0 Å². The fraction of sp³-hybridized carbons (Fsp3) is 0.520. The van der Waals surface area contributed by atoms with Crippen molar-refractivity contribution >= 4 is 23.5 Å². The van der Waals surface area contributed by atoms with Crippen LogP contribution in [0.5, 0.6) is 0 Å². The molecule has 1 aromatic rings. The van der Waals surface area contributed by atoms with E-state index in [1.54, 1.807) is 0 Å². The number of hydrogen-bond donors (Lipinski definition) is 2. The minimum Gasteiger partial charge on any atom is -0.359 e. The molecule has 0 radical (unpaired) electrons. The van der Waals surface area contributed by atoms with E-state index in [2.05, 4.69) is 53.6 Å². The van der Waals surface area contributed by atoms with Crippen molar-refractivity contribution in [3.63, 3.8) is 0 Å². The summed E-state index contributed by atoms with van der Waals surface area (Å²) in [6.07, 6.45) is 24.3. The van der Waals surface area contributed by atoms with Crippen LogP contribution in [0.1, 0.15) is 71.1 Å². The van der Waals surface area contributed by atoms with Crippen LogP contribution in [0.15, 0.2) is 36.2 Å². The molecular weight excluding hydrogens is 342 g/mol. The van der Waals surface area contributed by atoms with Gasteiger partial charge in [0.1, 0.15) is 0 Å². The number of hydrogen-bond acceptors (Lipinski definition) is 3. The molecular formula is C25H37N3. The monoisotopic (exact) mass is 379 g/mol. The highest BCUT2D eigenvalue weighted by Crippen LogP contribution is 2.26. The number of benzene rings is 1. The Hall–Kier alpha value is -2.00. The Morgan fingerprint density at radius 3 is 2.21 bits per heavy atom. The van der Waals surface area contributed by atoms with Crippen LogP contribution >= 0.6 is 0 Å². The van der Waals surface area contributed by atoms with Crippen molar-refractivity contribution in [3.05, 3.63) is 46.6 Å². The summed E-state index contributed by atoms with van der Waals surface area (Å²) < 4.78 is 0. The standard InChI is InChI=1S/C25H37N3/c1-2-3-4-5-6-7-8-9-10-11-19-28-23(20-26)17-16-22-15-14-21-13-12-18-27-24(21)25(22)28/h12-18,27H,2-11,19-20,26H2,1H3. The number of fused-ring (bicyclic) bond motifs is 3. The molecule has 28 heavy (non-hydrogen) atoms. The molecule has 0 saturated heterocycles. The highest BCUT2D eigenvalue weighted by atomic mass is 15.2. The molecule has 3 heteroatoms. The van der Waals surface area contributed by atoms with Gasteiger partial charge >= 0.3 is 0 Å². The van der Waals surface area contributed by atoms with Crippen LogP contribution in [0.4, 0.5) is 11.4 Å². The lowest BCUT2D eigenvalue weighted by atomic mass is 10.0. The first-order valence-corrected chi connectivity index (χ1v) is 11.3. The molecule has 1 aromatic carbocycles. The first-order valence-electron chi connectivity index (χ1n) is 11.3. The van der Waals surface area contributed by atoms with E-state index >= 15 is 0 Å². The van der Waals surface area contributed by atoms with Crippen LogP contribution < -0.4 is 26.4 Å². The van der Waals surface area contributed by atoms with E-state index in [0.29, 0.717) is 6.54 Å². The molecule has 2 heterocycles. The van der Waals surface area contributed by atoms with Crippen molar-refractivity contribution in [2.45, 2.75) is 71.1 Å². The average Bonchev–Trinajstić information content (AvgIpc) is 2.74. The van der Waals surface area contributed by atoms with Gasteiger partial charge in [0.05, 0.1) is 11.4 Å². The summed E-state index contributed by atoms with van der Waals surface area (Å²) in [5.74, 6) is 0. The van der Waals surface area contributed by atoms with E-state index in [1.807, 2.05) is 6.20 Å². The Kier molecular flexibility index (Phi) is 8.23. The molecule has 0 bridgehead atoms. The van der Waals surface area contributed by atoms with Gasteiger partial charge in [-0.05, 0) is 18.6 Å². The minimum atomic E-state index is 0.580. The molecule has 0 fully saturated rings. The maximum atomic E-state index is 6.07. The summed E-state index contributed by atoms with van der Waals surface area (Å²) in [6, 6.07) is 4.42. The SMILES string of the molecule is CCCCCCCCCCCCN1C(CN)=CC=c2ccc3c(c21)NC=CC=3. The summed E-state index contributed by atoms with van der Waals surface area (Å²) >= 11 is 0. The van der Waals surface area contributed by atoms with Crippen molar-refractivity contribution in [2.75, 3.05) is 23.3 Å². The molecule has 0 spiro atoms. The summed E-state index contributed by atoms with van der Waals surface area (Å²) in [5.41, 5.74) is 9.79. The van der Waals surface area contributed by atoms with Gasteiger partial charge < -0.3 is 16.0 Å². The quantitative estimate of drug-likeness (QED) is 0.514. The predicted octanol–water partition coefficient (Wildman–Crippen LogP) is 4.77. The van der Waals surface area contributed by atoms with Crippen molar-refractivity contribution in [1.82, 2.24) is 0 Å². The smallest absolute Gasteiger partial charge is 0.0727 e. The first-order chi connectivity index (χ1) is 13.8. The Morgan fingerprint density at radius 1 is 0.821 bits per heavy atom. The zero-order chi connectivity index (χ0) is 19.6. The lowest BCUT2D eigenvalue weighted by Gasteiger charge is -2.32. The molecule has 0 atom stereocenters. The van der Waals surface area contributed by atoms with Crippen LogP contribution in [0.2, 0.25) is 0 Å². The second-order valence-electron chi connectivity index (χ2n) is 8.00. The maximum absolute atomic E-state index is 6.07. The summed E-state index contributed by atoms with van der Waals surface area (Å²) in [7, 11) is 0. The summed E-state index contributed by atoms with van der Waals surface area (Å²) in [6.45, 7) is 3.91. The Morgan fingerprint density at radius 2 is 1.50 bits per heavy atom. The Balaban J connectivity index is 1.52. The molecule has 0 saturated carbocycles. The van der Waals surface area contributed by atoms with Gasteiger partial charge in [-0.25, -0.2) is 0 Å². The first kappa shape index (κ1) is 20.7. The molecule has 0 aromatic heterocycles. The molecule has 3 nitrogen and oxygen atoms in total. The molecule has 2 aliphatic rings. The number of nitrogens with two attached hydrogens (primary N) is 1. The second kappa shape index (κ2) is 11.1. The molecule has 0 amide bonds. The topological polar surface area (TPSA) is 41.3 Å². The van der Waals surface area contributed by atoms with Gasteiger partial charge in [-0.1, -0.05) is 89.0 Å². The third-order valence-electron chi connectivity index (χ3n) is 5.86. The predicted molar refractivity (Wildman–Crippen MR) is 124 cm³/mol. The maximum Gasteiger partial charge on any atom is 0.0727 e. The number of unbranched alkanes of at least 4 members (excludes halogenated alkanes) is 9. The Labute approximate surface area is 170 Å². The van der Waals surface area contributed by atoms with Crippen LogP contribution in [-0.2, 0) is 0 Å². The second-order valence-corrected chi connectivity index (χ2v) is 8.00. The van der Waals surface area contributed by atoms with Crippen molar-refractivity contribution in [3.8, 4) is 0 Å². The van der Waals surface area contributed by atoms with Gasteiger partial charge in [0.2, 0.25) is 0 Å². The minimum absolute atomic E-state index is 0.580. The molecule has 0 unspecified atom stereocenters. The van der Waals surface area contributed by atoms with Gasteiger partial charge in [-0.15, -0.1) is 0 Å². The van der Waals surface area contributed by atoms with Crippen molar-refractivity contribution in [1.29, 1.82) is 0 Å². The fourth-order valence-electron chi connectivity index (χ4n) is 4.23. The zero-order valence-electron chi connectivity index (χ0n) is 17.6. The lowest BCUT2D eigenvalue weighted by Crippen LogP contribution is -2.36. The van der Waals surface area contributed by atoms with Gasteiger partial charge in [0.25, 0.3) is 0 Å². The Bertz CT molecular complexity index is 804. The van der Waals surface area contributed by atoms with Gasteiger partial charge in [0.15, 0.2) is 0 Å². The third-order valence-corrected chi connectivity index (χ3v) is 5.86. The van der Waals surface area contributed by atoms with Gasteiger partial charge in [-0.2, -0.15) is 0 Å². The van der Waals surface area contributed by atoms with Crippen LogP contribution in [-0.4, -0.2) is 13.1 Å². The molecule has 3 N–H and O–H groups in total. The van der Waals surface area contributed by atoms with Gasteiger partial charge in [0, 0.05) is 35.4 Å². The third kappa shape index (κ3) is 5.29. The van der Waals surface area contributed by atoms with Crippen molar-refractivity contribution < 1.29 is 0 Å². The summed E-state index contributed by atoms with van der Waals surface area (Å²) in [5, 5.41) is 5.99. The molecule has 152 valence electrons. The average molecular weight is 380 g/mol. The van der Waals surface area contributed by atoms with Crippen LogP contribution in [0.3, 0.4) is 0 Å². The number of rotatable bonds is 12. The number of nitrogens with zero attached hydrogens (tertiary/aromatic N) is 1.